The van der Waals surface area contributed by atoms with Crippen LogP contribution in [-0.4, -0.2) is 37.8 Å². The molecule has 0 unspecified atom stereocenters. The molecule has 4 heterocycles. The van der Waals surface area contributed by atoms with Crippen LogP contribution in [0.25, 0.3) is 5.69 Å². The first kappa shape index (κ1) is 35.6. The van der Waals surface area contributed by atoms with Gasteiger partial charge < -0.3 is 0 Å². The molecule has 266 valence electrons. The quantitative estimate of drug-likeness (QED) is 0.289. The van der Waals surface area contributed by atoms with Gasteiger partial charge in [-0.2, -0.15) is 13.2 Å². The molecule has 22 heteroatoms. The molecule has 4 aliphatic rings. The summed E-state index contributed by atoms with van der Waals surface area (Å²) in [6, 6.07) is 1.70. The second kappa shape index (κ2) is 11.9. The van der Waals surface area contributed by atoms with E-state index < -0.39 is 83.8 Å². The number of fused-ring (bicyclic) bond motifs is 2. The summed E-state index contributed by atoms with van der Waals surface area (Å²) in [5.41, 5.74) is -5.27. The first-order valence-corrected chi connectivity index (χ1v) is 18.2. The van der Waals surface area contributed by atoms with Gasteiger partial charge in [-0.3, -0.25) is 28.4 Å². The van der Waals surface area contributed by atoms with Crippen LogP contribution in [-0.2, 0) is 54.4 Å². The van der Waals surface area contributed by atoms with Gasteiger partial charge in [-0.15, -0.1) is 0 Å². The zero-order chi connectivity index (χ0) is 36.8. The van der Waals surface area contributed by atoms with E-state index >= 15 is 0 Å². The van der Waals surface area contributed by atoms with E-state index in [1.54, 1.807) is 0 Å². The van der Waals surface area contributed by atoms with E-state index in [9.17, 15) is 58.0 Å². The van der Waals surface area contributed by atoms with Gasteiger partial charge in [-0.1, -0.05) is 23.2 Å². The molecule has 0 radical (unpaired) electrons. The molecule has 0 saturated carbocycles. The molecule has 2 amide bonds. The van der Waals surface area contributed by atoms with Gasteiger partial charge in [0, 0.05) is 35.4 Å². The van der Waals surface area contributed by atoms with E-state index in [1.807, 2.05) is 4.72 Å². The van der Waals surface area contributed by atoms with Crippen molar-refractivity contribution >= 4 is 72.1 Å². The topological polar surface area (TPSA) is 174 Å². The van der Waals surface area contributed by atoms with Crippen molar-refractivity contribution in [1.29, 1.82) is 0 Å². The van der Waals surface area contributed by atoms with Gasteiger partial charge in [0.1, 0.15) is 17.3 Å². The zero-order valence-corrected chi connectivity index (χ0v) is 28.2. The van der Waals surface area contributed by atoms with Crippen molar-refractivity contribution in [3.8, 4) is 5.69 Å². The number of carbonyl (C=O) groups is 2. The van der Waals surface area contributed by atoms with Crippen molar-refractivity contribution in [2.75, 3.05) is 14.3 Å². The third-order valence-electron chi connectivity index (χ3n) is 8.24. The number of carbonyl (C=O) groups excluding carboxylic acids is 2. The summed E-state index contributed by atoms with van der Waals surface area (Å²) in [4.78, 5) is 50.5. The Morgan fingerprint density at radius 2 is 1.18 bits per heavy atom. The molecule has 1 aromatic heterocycles. The number of hydrogen-bond donors (Lipinski definition) is 2. The standard InChI is InChI=1S/C15H12ClFN2O4S.C13H8ClF4N3O4S/c16-10-5-11(17)13(9-6-24(22,23)18-12(9)10)19-14(20)7-3-1-2-4-8(7)15(19)21;1-20-8(13(16,17)18)3-9(22)21(12(20)23)11-5-4-26(24,25)19-10(5)6(14)2-7(11)15/h5,18H,1-4,6H2;2-3,19H,4H2,1H3. The number of nitrogens with one attached hydrogen (secondary N) is 2. The van der Waals surface area contributed by atoms with Gasteiger partial charge in [-0.25, -0.2) is 39.9 Å². The Hall–Kier alpha value is -4.27. The lowest BCUT2D eigenvalue weighted by atomic mass is 9.93. The highest BCUT2D eigenvalue weighted by Gasteiger charge is 2.44. The van der Waals surface area contributed by atoms with Gasteiger partial charge in [0.15, 0.2) is 0 Å². The SMILES string of the molecule is Cn1c(C(F)(F)F)cc(=O)n(-c2c(F)cc(Cl)c3c2CS(=O)(=O)N3)c1=O.O=C1C2=C(CCCC2)C(=O)N1c1c(F)cc(Cl)c2c1CS(=O)(=O)N2. The molecule has 0 fully saturated rings. The van der Waals surface area contributed by atoms with Gasteiger partial charge in [0.25, 0.3) is 17.4 Å². The lowest BCUT2D eigenvalue weighted by molar-refractivity contribution is -0.144. The van der Waals surface area contributed by atoms with Crippen LogP contribution in [0.5, 0.6) is 0 Å². The van der Waals surface area contributed by atoms with Crippen molar-refractivity contribution in [3.05, 3.63) is 88.7 Å². The summed E-state index contributed by atoms with van der Waals surface area (Å²) in [6.07, 6.45) is -2.45. The number of sulfonamides is 2. The molecule has 0 atom stereocenters. The van der Waals surface area contributed by atoms with E-state index in [0.29, 0.717) is 30.1 Å². The number of alkyl halides is 3. The summed E-state index contributed by atoms with van der Waals surface area (Å²) in [5.74, 6) is -4.58. The molecule has 7 rings (SSSR count). The smallest absolute Gasteiger partial charge is 0.292 e. The minimum Gasteiger partial charge on any atom is -0.292 e. The molecule has 3 aliphatic heterocycles. The average molecular weight is 785 g/mol. The van der Waals surface area contributed by atoms with Crippen LogP contribution in [0, 0.1) is 11.6 Å². The molecular weight excluding hydrogens is 764 g/mol. The van der Waals surface area contributed by atoms with Crippen molar-refractivity contribution in [1.82, 2.24) is 9.13 Å². The molecule has 1 aliphatic carbocycles. The molecule has 2 N–H and O–H groups in total. The molecule has 0 bridgehead atoms. The molecule has 0 saturated heterocycles. The highest BCUT2D eigenvalue weighted by Crippen LogP contribution is 2.45. The number of amides is 2. The molecule has 2 aromatic carbocycles. The second-order valence-electron chi connectivity index (χ2n) is 11.5. The maximum absolute atomic E-state index is 14.6. The van der Waals surface area contributed by atoms with E-state index in [2.05, 4.69) is 4.72 Å². The Morgan fingerprint density at radius 3 is 1.64 bits per heavy atom. The number of nitrogens with zero attached hydrogens (tertiary/aromatic N) is 3. The molecule has 3 aromatic rings. The molecule has 50 heavy (non-hydrogen) atoms. The fraction of sp³-hybridized carbons (Fsp3) is 0.286. The second-order valence-corrected chi connectivity index (χ2v) is 15.7. The van der Waals surface area contributed by atoms with Gasteiger partial charge in [0.05, 0.1) is 44.3 Å². The summed E-state index contributed by atoms with van der Waals surface area (Å²) >= 11 is 11.7. The van der Waals surface area contributed by atoms with Crippen LogP contribution in [0.3, 0.4) is 0 Å². The monoisotopic (exact) mass is 783 g/mol. The third-order valence-corrected chi connectivity index (χ3v) is 11.2. The van der Waals surface area contributed by atoms with Crippen molar-refractivity contribution in [2.24, 2.45) is 7.05 Å². The number of rotatable bonds is 2. The number of halogens is 7. The van der Waals surface area contributed by atoms with Crippen molar-refractivity contribution in [3.63, 3.8) is 0 Å². The van der Waals surface area contributed by atoms with Crippen molar-refractivity contribution in [2.45, 2.75) is 43.4 Å². The first-order valence-electron chi connectivity index (χ1n) is 14.2. The Kier molecular flexibility index (Phi) is 8.47. The minimum atomic E-state index is -4.99. The van der Waals surface area contributed by atoms with Gasteiger partial charge in [-0.05, 0) is 37.8 Å². The Bertz CT molecular complexity index is 2430. The maximum Gasteiger partial charge on any atom is 0.431 e. The maximum atomic E-state index is 14.6. The number of hydrogen-bond acceptors (Lipinski definition) is 8. The Labute approximate surface area is 288 Å². The van der Waals surface area contributed by atoms with E-state index in [0.717, 1.165) is 30.9 Å². The average Bonchev–Trinajstić information content (AvgIpc) is 3.60. The predicted molar refractivity (Wildman–Crippen MR) is 169 cm³/mol. The summed E-state index contributed by atoms with van der Waals surface area (Å²) in [6.45, 7) is 0. The predicted octanol–water partition coefficient (Wildman–Crippen LogP) is 4.08. The zero-order valence-electron chi connectivity index (χ0n) is 25.0. The highest BCUT2D eigenvalue weighted by molar-refractivity contribution is 7.92. The molecule has 0 spiro atoms. The summed E-state index contributed by atoms with van der Waals surface area (Å²) < 4.78 is 119. The Balaban J connectivity index is 0.000000173. The van der Waals surface area contributed by atoms with Gasteiger partial charge in [0.2, 0.25) is 20.0 Å². The highest BCUT2D eigenvalue weighted by atomic mass is 35.5. The number of benzene rings is 2. The fourth-order valence-corrected chi connectivity index (χ4v) is 9.29. The number of aromatic nitrogens is 2. The van der Waals surface area contributed by atoms with Crippen LogP contribution in [0.15, 0.2) is 38.9 Å². The van der Waals surface area contributed by atoms with Gasteiger partial charge >= 0.3 is 11.9 Å². The number of imide groups is 1. The summed E-state index contributed by atoms with van der Waals surface area (Å²) in [5, 5.41) is -0.428. The molecule has 13 nitrogen and oxygen atoms in total. The lowest BCUT2D eigenvalue weighted by Crippen LogP contribution is -2.41. The summed E-state index contributed by atoms with van der Waals surface area (Å²) in [7, 11) is -6.92. The van der Waals surface area contributed by atoms with Crippen LogP contribution in [0.4, 0.5) is 39.0 Å². The van der Waals surface area contributed by atoms with E-state index in [4.69, 9.17) is 23.2 Å². The van der Waals surface area contributed by atoms with E-state index in [-0.39, 0.29) is 53.4 Å². The Morgan fingerprint density at radius 1 is 0.740 bits per heavy atom. The first-order chi connectivity index (χ1) is 23.1. The molecular formula is C28H20Cl2F5N5O8S2. The largest absolute Gasteiger partial charge is 0.431 e. The lowest BCUT2D eigenvalue weighted by Gasteiger charge is -2.19. The minimum absolute atomic E-state index is 0.0153. The van der Waals surface area contributed by atoms with Crippen LogP contribution in [0.1, 0.15) is 42.5 Å². The normalized spacial score (nSPS) is 18.6. The van der Waals surface area contributed by atoms with Crippen LogP contribution in [0.2, 0.25) is 10.0 Å². The van der Waals surface area contributed by atoms with Crippen LogP contribution < -0.4 is 25.6 Å². The van der Waals surface area contributed by atoms with Crippen LogP contribution >= 0.6 is 23.2 Å². The van der Waals surface area contributed by atoms with Crippen molar-refractivity contribution < 1.29 is 48.4 Å². The third kappa shape index (κ3) is 5.86. The number of anilines is 3. The fourth-order valence-electron chi connectivity index (χ4n) is 6.11. The van der Waals surface area contributed by atoms with E-state index in [1.165, 1.54) is 0 Å².